The van der Waals surface area contributed by atoms with Crippen LogP contribution in [0.1, 0.15) is 63.0 Å². The summed E-state index contributed by atoms with van der Waals surface area (Å²) < 4.78 is 78.9. The van der Waals surface area contributed by atoms with Gasteiger partial charge >= 0.3 is 12.4 Å². The third-order valence-corrected chi connectivity index (χ3v) is 8.59. The van der Waals surface area contributed by atoms with Crippen LogP contribution in [0.4, 0.5) is 43.4 Å². The van der Waals surface area contributed by atoms with Crippen molar-refractivity contribution in [2.45, 2.75) is 70.3 Å². The van der Waals surface area contributed by atoms with E-state index in [0.717, 1.165) is 68.7 Å². The van der Waals surface area contributed by atoms with Gasteiger partial charge in [-0.05, 0) is 87.8 Å². The van der Waals surface area contributed by atoms with Crippen molar-refractivity contribution in [3.05, 3.63) is 63.7 Å². The number of halogens is 6. The van der Waals surface area contributed by atoms with Gasteiger partial charge in [0, 0.05) is 62.6 Å². The fourth-order valence-electron chi connectivity index (χ4n) is 6.21. The van der Waals surface area contributed by atoms with Crippen LogP contribution >= 0.6 is 0 Å². The number of likely N-dealkylation sites (tertiary alicyclic amines) is 1. The van der Waals surface area contributed by atoms with Gasteiger partial charge < -0.3 is 14.7 Å². The zero-order valence-electron chi connectivity index (χ0n) is 24.0. The van der Waals surface area contributed by atoms with E-state index in [1.807, 2.05) is 11.8 Å². The second kappa shape index (κ2) is 13.4. The van der Waals surface area contributed by atoms with Crippen molar-refractivity contribution < 1.29 is 36.1 Å². The van der Waals surface area contributed by atoms with Crippen LogP contribution in [0.3, 0.4) is 0 Å². The van der Waals surface area contributed by atoms with Gasteiger partial charge in [0.2, 0.25) is 5.91 Å². The first-order valence-electron chi connectivity index (χ1n) is 14.6. The van der Waals surface area contributed by atoms with Gasteiger partial charge in [-0.15, -0.1) is 0 Å². The van der Waals surface area contributed by atoms with Gasteiger partial charge in [0.05, 0.1) is 10.5 Å². The lowest BCUT2D eigenvalue weighted by molar-refractivity contribution is -0.388. The normalized spacial score (nSPS) is 17.3. The number of rotatable bonds is 9. The summed E-state index contributed by atoms with van der Waals surface area (Å²) in [6.45, 7) is 4.73. The molecule has 2 aliphatic heterocycles. The van der Waals surface area contributed by atoms with Crippen LogP contribution in [0.25, 0.3) is 0 Å². The Kier molecular flexibility index (Phi) is 10.1. The van der Waals surface area contributed by atoms with E-state index in [0.29, 0.717) is 44.8 Å². The topological polar surface area (TPSA) is 69.9 Å². The minimum Gasteiger partial charge on any atom is -0.372 e. The Hall–Kier alpha value is -3.51. The lowest BCUT2D eigenvalue weighted by atomic mass is 9.91. The molecule has 0 aliphatic carbocycles. The molecule has 0 spiro atoms. The highest BCUT2D eigenvalue weighted by atomic mass is 19.4. The molecule has 0 saturated carbocycles. The molecule has 236 valence electrons. The summed E-state index contributed by atoms with van der Waals surface area (Å²) in [4.78, 5) is 28.7. The molecule has 2 heterocycles. The molecule has 0 atom stereocenters. The number of hydrogen-bond acceptors (Lipinski definition) is 5. The molecule has 7 nitrogen and oxygen atoms in total. The standard InChI is InChI=1S/C30H36F6N4O3/c1-2-39(25-10-11-27(40(42)43)26(20-25)30(34,35)36)24-14-18-38(19-15-24)28(41)5-3-4-21-12-16-37(17-13-21)23-8-6-22(7-9-23)29(31,32)33/h6-11,20-21,24H,2-5,12-19H2,1H3. The number of hydrogen-bond donors (Lipinski definition) is 0. The lowest BCUT2D eigenvalue weighted by Crippen LogP contribution is -2.47. The largest absolute Gasteiger partial charge is 0.423 e. The van der Waals surface area contributed by atoms with Crippen LogP contribution in [0, 0.1) is 16.0 Å². The average molecular weight is 615 g/mol. The van der Waals surface area contributed by atoms with Crippen molar-refractivity contribution >= 4 is 23.0 Å². The maximum Gasteiger partial charge on any atom is 0.423 e. The second-order valence-electron chi connectivity index (χ2n) is 11.2. The Bertz CT molecular complexity index is 1250. The SMILES string of the molecule is CCN(c1ccc([N+](=O)[O-])c(C(F)(F)F)c1)C1CCN(C(=O)CCCC2CCN(c3ccc(C(F)(F)F)cc3)CC2)CC1. The number of amides is 1. The lowest BCUT2D eigenvalue weighted by Gasteiger charge is -2.39. The van der Waals surface area contributed by atoms with E-state index in [9.17, 15) is 41.3 Å². The molecule has 0 radical (unpaired) electrons. The predicted molar refractivity (Wildman–Crippen MR) is 151 cm³/mol. The number of anilines is 2. The molecule has 0 bridgehead atoms. The molecule has 4 rings (SSSR count). The molecular formula is C30H36F6N4O3. The number of benzene rings is 2. The second-order valence-corrected chi connectivity index (χ2v) is 11.2. The minimum absolute atomic E-state index is 0.0541. The van der Waals surface area contributed by atoms with Crippen LogP contribution in [-0.4, -0.2) is 54.5 Å². The van der Waals surface area contributed by atoms with E-state index in [1.54, 1.807) is 4.90 Å². The summed E-state index contributed by atoms with van der Waals surface area (Å²) in [6, 6.07) is 8.23. The van der Waals surface area contributed by atoms with Gasteiger partial charge in [0.25, 0.3) is 5.69 Å². The molecule has 13 heteroatoms. The highest BCUT2D eigenvalue weighted by Gasteiger charge is 2.39. The fraction of sp³-hybridized carbons (Fsp3) is 0.567. The van der Waals surface area contributed by atoms with Gasteiger partial charge in [-0.25, -0.2) is 0 Å². The number of carbonyl (C=O) groups excluding carboxylic acids is 1. The Balaban J connectivity index is 1.21. The fourth-order valence-corrected chi connectivity index (χ4v) is 6.21. The van der Waals surface area contributed by atoms with Crippen molar-refractivity contribution in [3.63, 3.8) is 0 Å². The Morgan fingerprint density at radius 3 is 2.09 bits per heavy atom. The number of alkyl halides is 6. The number of piperidine rings is 2. The third-order valence-electron chi connectivity index (χ3n) is 8.59. The summed E-state index contributed by atoms with van der Waals surface area (Å²) in [5.74, 6) is 0.504. The first-order valence-corrected chi connectivity index (χ1v) is 14.6. The Morgan fingerprint density at radius 2 is 1.56 bits per heavy atom. The molecule has 2 fully saturated rings. The van der Waals surface area contributed by atoms with Gasteiger partial charge in [-0.1, -0.05) is 0 Å². The van der Waals surface area contributed by atoms with Crippen LogP contribution in [0.15, 0.2) is 42.5 Å². The number of nitro groups is 1. The first-order chi connectivity index (χ1) is 20.3. The summed E-state index contributed by atoms with van der Waals surface area (Å²) in [6.07, 6.45) is -4.16. The predicted octanol–water partition coefficient (Wildman–Crippen LogP) is 7.54. The van der Waals surface area contributed by atoms with E-state index in [2.05, 4.69) is 4.90 Å². The van der Waals surface area contributed by atoms with Crippen molar-refractivity contribution in [3.8, 4) is 0 Å². The van der Waals surface area contributed by atoms with E-state index < -0.39 is 34.1 Å². The number of carbonyl (C=O) groups is 1. The first kappa shape index (κ1) is 32.4. The maximum absolute atomic E-state index is 13.5. The molecule has 0 unspecified atom stereocenters. The van der Waals surface area contributed by atoms with Crippen molar-refractivity contribution in [1.29, 1.82) is 0 Å². The maximum atomic E-state index is 13.5. The molecule has 2 saturated heterocycles. The highest BCUT2D eigenvalue weighted by molar-refractivity contribution is 5.76. The van der Waals surface area contributed by atoms with E-state index in [4.69, 9.17) is 0 Å². The van der Waals surface area contributed by atoms with E-state index in [-0.39, 0.29) is 17.6 Å². The van der Waals surface area contributed by atoms with Gasteiger partial charge in [0.1, 0.15) is 5.56 Å². The smallest absolute Gasteiger partial charge is 0.372 e. The molecule has 43 heavy (non-hydrogen) atoms. The van der Waals surface area contributed by atoms with Gasteiger partial charge in [-0.2, -0.15) is 26.3 Å². The van der Waals surface area contributed by atoms with Crippen molar-refractivity contribution in [2.24, 2.45) is 5.92 Å². The van der Waals surface area contributed by atoms with Crippen LogP contribution in [-0.2, 0) is 17.1 Å². The Labute approximate surface area is 246 Å². The summed E-state index contributed by atoms with van der Waals surface area (Å²) in [5, 5.41) is 11.1. The number of nitro benzene ring substituents is 1. The zero-order chi connectivity index (χ0) is 31.4. The zero-order valence-corrected chi connectivity index (χ0v) is 24.0. The molecular weight excluding hydrogens is 578 g/mol. The quantitative estimate of drug-likeness (QED) is 0.166. The van der Waals surface area contributed by atoms with Crippen molar-refractivity contribution in [1.82, 2.24) is 4.90 Å². The molecule has 2 aliphatic rings. The van der Waals surface area contributed by atoms with Crippen LogP contribution in [0.5, 0.6) is 0 Å². The van der Waals surface area contributed by atoms with E-state index in [1.165, 1.54) is 18.2 Å². The molecule has 1 amide bonds. The summed E-state index contributed by atoms with van der Waals surface area (Å²) in [5.41, 5.74) is -1.86. The average Bonchev–Trinajstić information content (AvgIpc) is 2.97. The summed E-state index contributed by atoms with van der Waals surface area (Å²) >= 11 is 0. The molecule has 0 N–H and O–H groups in total. The summed E-state index contributed by atoms with van der Waals surface area (Å²) in [7, 11) is 0. The molecule has 2 aromatic rings. The minimum atomic E-state index is -4.85. The van der Waals surface area contributed by atoms with E-state index >= 15 is 0 Å². The molecule has 0 aromatic heterocycles. The molecule has 2 aromatic carbocycles. The highest BCUT2D eigenvalue weighted by Crippen LogP contribution is 2.39. The third kappa shape index (κ3) is 8.11. The van der Waals surface area contributed by atoms with Gasteiger partial charge in [0.15, 0.2) is 0 Å². The van der Waals surface area contributed by atoms with Crippen LogP contribution < -0.4 is 9.80 Å². The van der Waals surface area contributed by atoms with Crippen molar-refractivity contribution in [2.75, 3.05) is 42.5 Å². The Morgan fingerprint density at radius 1 is 0.930 bits per heavy atom. The monoisotopic (exact) mass is 614 g/mol. The van der Waals surface area contributed by atoms with Gasteiger partial charge in [-0.3, -0.25) is 14.9 Å². The number of nitrogens with zero attached hydrogens (tertiary/aromatic N) is 4. The van der Waals surface area contributed by atoms with Crippen LogP contribution in [0.2, 0.25) is 0 Å².